The van der Waals surface area contributed by atoms with Gasteiger partial charge in [0.05, 0.1) is 13.7 Å². The Balaban J connectivity index is 1.36. The van der Waals surface area contributed by atoms with Crippen LogP contribution in [-0.4, -0.2) is 28.7 Å². The summed E-state index contributed by atoms with van der Waals surface area (Å²) in [5.41, 5.74) is 1.26. The zero-order valence-electron chi connectivity index (χ0n) is 15.7. The molecule has 1 aliphatic rings. The maximum absolute atomic E-state index is 12.9. The van der Waals surface area contributed by atoms with Crippen molar-refractivity contribution in [1.29, 1.82) is 0 Å². The Morgan fingerprint density at radius 2 is 1.86 bits per heavy atom. The number of ether oxygens (including phenoxy) is 2. The van der Waals surface area contributed by atoms with E-state index in [0.29, 0.717) is 30.1 Å². The molecule has 4 rings (SSSR count). The summed E-state index contributed by atoms with van der Waals surface area (Å²) in [5, 5.41) is 3.98. The van der Waals surface area contributed by atoms with Crippen molar-refractivity contribution in [2.75, 3.05) is 13.7 Å². The molecule has 0 spiro atoms. The highest BCUT2D eigenvalue weighted by molar-refractivity contribution is 5.29. The quantitative estimate of drug-likeness (QED) is 0.611. The molecule has 6 nitrogen and oxygen atoms in total. The summed E-state index contributed by atoms with van der Waals surface area (Å²) in [5.74, 6) is 2.16. The van der Waals surface area contributed by atoms with Gasteiger partial charge in [0.15, 0.2) is 6.61 Å². The summed E-state index contributed by atoms with van der Waals surface area (Å²) in [6.45, 7) is 1.76. The van der Waals surface area contributed by atoms with Crippen LogP contribution in [0.15, 0.2) is 53.1 Å². The lowest BCUT2D eigenvalue weighted by Gasteiger charge is -2.23. The minimum Gasteiger partial charge on any atom is -0.497 e. The number of hydrogen-bond acceptors (Lipinski definition) is 6. The molecule has 146 valence electrons. The van der Waals surface area contributed by atoms with E-state index in [9.17, 15) is 4.39 Å². The van der Waals surface area contributed by atoms with Crippen molar-refractivity contribution >= 4 is 0 Å². The molecule has 0 N–H and O–H groups in total. The Morgan fingerprint density at radius 1 is 1.11 bits per heavy atom. The molecule has 0 saturated carbocycles. The number of hydrogen-bond donors (Lipinski definition) is 0. The summed E-state index contributed by atoms with van der Waals surface area (Å²) in [6, 6.07) is 14.4. The molecule has 1 atom stereocenters. The lowest BCUT2D eigenvalue weighted by Crippen LogP contribution is -2.23. The molecular weight excluding hydrogens is 361 g/mol. The minimum atomic E-state index is -0.300. The van der Waals surface area contributed by atoms with Gasteiger partial charge in [0.1, 0.15) is 17.3 Å². The van der Waals surface area contributed by atoms with E-state index in [1.54, 1.807) is 19.2 Å². The summed E-state index contributed by atoms with van der Waals surface area (Å²) < 4.78 is 29.1. The topological polar surface area (TPSA) is 60.6 Å². The van der Waals surface area contributed by atoms with Gasteiger partial charge in [-0.3, -0.25) is 4.90 Å². The average molecular weight is 383 g/mol. The predicted octanol–water partition coefficient (Wildman–Crippen LogP) is 4.13. The SMILES string of the molecule is COc1ccc(C2CCCN2Cc2nc(COc3ccc(F)cc3)no2)cc1. The smallest absolute Gasteiger partial charge is 0.240 e. The van der Waals surface area contributed by atoms with Gasteiger partial charge >= 0.3 is 0 Å². The lowest BCUT2D eigenvalue weighted by atomic mass is 10.0. The average Bonchev–Trinajstić information content (AvgIpc) is 3.37. The van der Waals surface area contributed by atoms with E-state index in [1.807, 2.05) is 12.1 Å². The van der Waals surface area contributed by atoms with Crippen LogP contribution in [0.5, 0.6) is 11.5 Å². The second-order valence-corrected chi connectivity index (χ2v) is 6.75. The monoisotopic (exact) mass is 383 g/mol. The van der Waals surface area contributed by atoms with Gasteiger partial charge in [-0.25, -0.2) is 4.39 Å². The van der Waals surface area contributed by atoms with E-state index in [-0.39, 0.29) is 12.4 Å². The van der Waals surface area contributed by atoms with Gasteiger partial charge in [-0.1, -0.05) is 17.3 Å². The molecule has 0 amide bonds. The molecule has 0 radical (unpaired) electrons. The number of rotatable bonds is 7. The molecule has 1 fully saturated rings. The van der Waals surface area contributed by atoms with Crippen LogP contribution < -0.4 is 9.47 Å². The maximum atomic E-state index is 12.9. The number of benzene rings is 2. The third-order valence-corrected chi connectivity index (χ3v) is 4.89. The molecule has 7 heteroatoms. The van der Waals surface area contributed by atoms with Crippen molar-refractivity contribution in [3.63, 3.8) is 0 Å². The highest BCUT2D eigenvalue weighted by Crippen LogP contribution is 2.33. The first-order chi connectivity index (χ1) is 13.7. The molecule has 1 aliphatic heterocycles. The Labute approximate surface area is 162 Å². The van der Waals surface area contributed by atoms with Crippen LogP contribution in [-0.2, 0) is 13.2 Å². The van der Waals surface area contributed by atoms with E-state index in [1.165, 1.54) is 17.7 Å². The van der Waals surface area contributed by atoms with Crippen LogP contribution >= 0.6 is 0 Å². The minimum absolute atomic E-state index is 0.178. The lowest BCUT2D eigenvalue weighted by molar-refractivity contribution is 0.211. The Morgan fingerprint density at radius 3 is 2.61 bits per heavy atom. The number of likely N-dealkylation sites (tertiary alicyclic amines) is 1. The first-order valence-electron chi connectivity index (χ1n) is 9.29. The third kappa shape index (κ3) is 4.31. The van der Waals surface area contributed by atoms with Crippen molar-refractivity contribution in [3.05, 3.63) is 71.6 Å². The highest BCUT2D eigenvalue weighted by Gasteiger charge is 2.27. The van der Waals surface area contributed by atoms with E-state index in [2.05, 4.69) is 27.2 Å². The summed E-state index contributed by atoms with van der Waals surface area (Å²) >= 11 is 0. The molecular formula is C21H22FN3O3. The molecule has 1 saturated heterocycles. The molecule has 0 bridgehead atoms. The Bertz CT molecular complexity index is 896. The molecule has 0 aliphatic carbocycles. The Hall–Kier alpha value is -2.93. The molecule has 1 aromatic heterocycles. The van der Waals surface area contributed by atoms with E-state index < -0.39 is 0 Å². The number of nitrogens with zero attached hydrogens (tertiary/aromatic N) is 3. The van der Waals surface area contributed by atoms with Crippen LogP contribution in [0, 0.1) is 5.82 Å². The zero-order chi connectivity index (χ0) is 19.3. The molecule has 3 aromatic rings. The summed E-state index contributed by atoms with van der Waals surface area (Å²) in [4.78, 5) is 6.77. The number of halogens is 1. The van der Waals surface area contributed by atoms with Crippen LogP contribution in [0.3, 0.4) is 0 Å². The van der Waals surface area contributed by atoms with Crippen LogP contribution in [0.1, 0.15) is 36.2 Å². The fourth-order valence-electron chi connectivity index (χ4n) is 3.48. The molecule has 1 unspecified atom stereocenters. The van der Waals surface area contributed by atoms with Crippen LogP contribution in [0.4, 0.5) is 4.39 Å². The van der Waals surface area contributed by atoms with Gasteiger partial charge in [-0.15, -0.1) is 0 Å². The van der Waals surface area contributed by atoms with Crippen LogP contribution in [0.2, 0.25) is 0 Å². The molecule has 2 aromatic carbocycles. The molecule has 28 heavy (non-hydrogen) atoms. The number of methoxy groups -OCH3 is 1. The highest BCUT2D eigenvalue weighted by atomic mass is 19.1. The van der Waals surface area contributed by atoms with Crippen molar-refractivity contribution in [2.45, 2.75) is 32.0 Å². The van der Waals surface area contributed by atoms with Crippen molar-refractivity contribution in [3.8, 4) is 11.5 Å². The maximum Gasteiger partial charge on any atom is 0.240 e. The predicted molar refractivity (Wildman–Crippen MR) is 100 cm³/mol. The van der Waals surface area contributed by atoms with Gasteiger partial charge in [0.2, 0.25) is 11.7 Å². The largest absolute Gasteiger partial charge is 0.497 e. The van der Waals surface area contributed by atoms with Gasteiger partial charge < -0.3 is 14.0 Å². The van der Waals surface area contributed by atoms with Gasteiger partial charge in [0, 0.05) is 6.04 Å². The standard InChI is InChI=1S/C21H22FN3O3/c1-26-17-8-4-15(5-9-17)19-3-2-12-25(19)13-21-23-20(24-28-21)14-27-18-10-6-16(22)7-11-18/h4-11,19H,2-3,12-14H2,1H3. The Kier molecular flexibility index (Phi) is 5.53. The van der Waals surface area contributed by atoms with Crippen molar-refractivity contribution < 1.29 is 18.4 Å². The first kappa shape index (κ1) is 18.4. The molecule has 2 heterocycles. The van der Waals surface area contributed by atoms with Gasteiger partial charge in [-0.2, -0.15) is 4.98 Å². The normalized spacial score (nSPS) is 17.0. The van der Waals surface area contributed by atoms with Crippen molar-refractivity contribution in [1.82, 2.24) is 15.0 Å². The van der Waals surface area contributed by atoms with Crippen LogP contribution in [0.25, 0.3) is 0 Å². The summed E-state index contributed by atoms with van der Waals surface area (Å²) in [7, 11) is 1.67. The second-order valence-electron chi connectivity index (χ2n) is 6.75. The van der Waals surface area contributed by atoms with Gasteiger partial charge in [0.25, 0.3) is 0 Å². The number of aromatic nitrogens is 2. The van der Waals surface area contributed by atoms with Gasteiger partial charge in [-0.05, 0) is 61.3 Å². The van der Waals surface area contributed by atoms with E-state index in [4.69, 9.17) is 14.0 Å². The fourth-order valence-corrected chi connectivity index (χ4v) is 3.48. The first-order valence-corrected chi connectivity index (χ1v) is 9.29. The van der Waals surface area contributed by atoms with E-state index in [0.717, 1.165) is 25.1 Å². The summed E-state index contributed by atoms with van der Waals surface area (Å²) in [6.07, 6.45) is 2.23. The third-order valence-electron chi connectivity index (χ3n) is 4.89. The van der Waals surface area contributed by atoms with E-state index >= 15 is 0 Å². The zero-order valence-corrected chi connectivity index (χ0v) is 15.7. The fraction of sp³-hybridized carbons (Fsp3) is 0.333. The van der Waals surface area contributed by atoms with Crippen molar-refractivity contribution in [2.24, 2.45) is 0 Å². The second kappa shape index (κ2) is 8.39.